The third-order valence-electron chi connectivity index (χ3n) is 4.88. The predicted molar refractivity (Wildman–Crippen MR) is 99.1 cm³/mol. The molecule has 0 spiro atoms. The zero-order chi connectivity index (χ0) is 22.3. The fourth-order valence-corrected chi connectivity index (χ4v) is 3.41. The van der Waals surface area contributed by atoms with E-state index in [1.807, 2.05) is 0 Å². The first-order valence-corrected chi connectivity index (χ1v) is 9.09. The van der Waals surface area contributed by atoms with Gasteiger partial charge in [-0.3, -0.25) is 19.7 Å². The molecule has 3 rings (SSSR count). The molecule has 1 aromatic carbocycles. The fourth-order valence-electron chi connectivity index (χ4n) is 3.41. The van der Waals surface area contributed by atoms with Gasteiger partial charge in [0, 0.05) is 35.3 Å². The van der Waals surface area contributed by atoms with Crippen LogP contribution in [0, 0.1) is 0 Å². The summed E-state index contributed by atoms with van der Waals surface area (Å²) in [6.07, 6.45) is -7.82. The topological polar surface area (TPSA) is 46.1 Å². The Hall–Kier alpha value is -2.75. The number of Topliss-reactive ketones (excluding diaryl/α,β-unsaturated/α-hetero) is 1. The molecule has 0 aliphatic rings. The Morgan fingerprint density at radius 1 is 1.00 bits per heavy atom. The van der Waals surface area contributed by atoms with E-state index in [9.17, 15) is 31.1 Å². The van der Waals surface area contributed by atoms with Gasteiger partial charge in [-0.2, -0.15) is 26.3 Å². The van der Waals surface area contributed by atoms with Gasteiger partial charge in [0.15, 0.2) is 0 Å². The summed E-state index contributed by atoms with van der Waals surface area (Å²) in [7, 11) is 0. The number of nitrogens with zero attached hydrogens (tertiary/aromatic N) is 3. The molecule has 3 aromatic rings. The summed E-state index contributed by atoms with van der Waals surface area (Å²) in [5.74, 6) is -2.23. The number of pyridine rings is 2. The first-order chi connectivity index (χ1) is 14.0. The molecule has 0 radical (unpaired) electrons. The molecule has 4 nitrogen and oxygen atoms in total. The second-order valence-electron chi connectivity index (χ2n) is 6.66. The highest BCUT2D eigenvalue weighted by molar-refractivity contribution is 6.17. The lowest BCUT2D eigenvalue weighted by molar-refractivity contribution is -0.137. The SMILES string of the molecule is CCN(CC)Cc1cnc2c(cc(C(=O)C(F)(F)F)c3cccnc32)c1C(F)(F)F. The number of hydrogen-bond donors (Lipinski definition) is 0. The first-order valence-electron chi connectivity index (χ1n) is 9.09. The van der Waals surface area contributed by atoms with E-state index < -0.39 is 34.6 Å². The van der Waals surface area contributed by atoms with Crippen LogP contribution < -0.4 is 0 Å². The Labute approximate surface area is 167 Å². The van der Waals surface area contributed by atoms with Gasteiger partial charge in [-0.15, -0.1) is 0 Å². The summed E-state index contributed by atoms with van der Waals surface area (Å²) >= 11 is 0. The van der Waals surface area contributed by atoms with Gasteiger partial charge in [0.05, 0.1) is 16.6 Å². The Kier molecular flexibility index (Phi) is 5.72. The number of carbonyl (C=O) groups excluding carboxylic acids is 1. The molecule has 2 aromatic heterocycles. The summed E-state index contributed by atoms with van der Waals surface area (Å²) in [6, 6.07) is 3.15. The number of alkyl halides is 6. The molecule has 0 fully saturated rings. The molecule has 160 valence electrons. The number of fused-ring (bicyclic) bond motifs is 3. The highest BCUT2D eigenvalue weighted by Gasteiger charge is 2.42. The molecule has 10 heteroatoms. The van der Waals surface area contributed by atoms with Crippen molar-refractivity contribution in [2.75, 3.05) is 13.1 Å². The van der Waals surface area contributed by atoms with Gasteiger partial charge in [0.2, 0.25) is 0 Å². The molecule has 0 unspecified atom stereocenters. The number of carbonyl (C=O) groups is 1. The van der Waals surface area contributed by atoms with E-state index in [1.165, 1.54) is 18.3 Å². The van der Waals surface area contributed by atoms with Gasteiger partial charge in [-0.05, 0) is 30.8 Å². The van der Waals surface area contributed by atoms with Crippen LogP contribution in [0.4, 0.5) is 26.3 Å². The standard InChI is InChI=1S/C20H17F6N3O/c1-3-29(4-2)10-11-9-28-17-14(15(11)19(21,22)23)8-13(18(30)20(24,25)26)12-6-5-7-27-16(12)17/h5-9H,3-4,10H2,1-2H3. The lowest BCUT2D eigenvalue weighted by Gasteiger charge is -2.22. The van der Waals surface area contributed by atoms with Crippen LogP contribution in [0.25, 0.3) is 21.8 Å². The maximum atomic E-state index is 14.0. The van der Waals surface area contributed by atoms with E-state index in [1.54, 1.807) is 18.7 Å². The minimum atomic E-state index is -5.25. The molecule has 0 N–H and O–H groups in total. The Bertz CT molecular complexity index is 1100. The number of benzene rings is 1. The highest BCUT2D eigenvalue weighted by Crippen LogP contribution is 2.40. The Balaban J connectivity index is 2.43. The van der Waals surface area contributed by atoms with E-state index >= 15 is 0 Å². The number of halogens is 6. The van der Waals surface area contributed by atoms with Crippen LogP contribution >= 0.6 is 0 Å². The van der Waals surface area contributed by atoms with Gasteiger partial charge in [0.1, 0.15) is 0 Å². The molecule has 0 saturated carbocycles. The van der Waals surface area contributed by atoms with E-state index in [0.717, 1.165) is 6.20 Å². The summed E-state index contributed by atoms with van der Waals surface area (Å²) in [6.45, 7) is 4.42. The van der Waals surface area contributed by atoms with E-state index in [4.69, 9.17) is 0 Å². The number of rotatable bonds is 5. The molecule has 2 heterocycles. The monoisotopic (exact) mass is 429 g/mol. The van der Waals surface area contributed by atoms with Gasteiger partial charge < -0.3 is 0 Å². The van der Waals surface area contributed by atoms with Crippen molar-refractivity contribution in [3.63, 3.8) is 0 Å². The third-order valence-corrected chi connectivity index (χ3v) is 4.88. The lowest BCUT2D eigenvalue weighted by atomic mass is 9.95. The predicted octanol–water partition coefficient (Wildman–Crippen LogP) is 5.39. The molecule has 0 aliphatic carbocycles. The smallest absolute Gasteiger partial charge is 0.300 e. The van der Waals surface area contributed by atoms with Crippen LogP contribution in [0.2, 0.25) is 0 Å². The maximum Gasteiger partial charge on any atom is 0.454 e. The second kappa shape index (κ2) is 7.82. The molecule has 0 amide bonds. The molecule has 0 bridgehead atoms. The summed E-state index contributed by atoms with van der Waals surface area (Å²) in [5.41, 5.74) is -2.57. The van der Waals surface area contributed by atoms with Crippen molar-refractivity contribution < 1.29 is 31.1 Å². The molecular weight excluding hydrogens is 412 g/mol. The van der Waals surface area contributed by atoms with Crippen LogP contribution in [0.5, 0.6) is 0 Å². The summed E-state index contributed by atoms with van der Waals surface area (Å²) < 4.78 is 81.5. The second-order valence-corrected chi connectivity index (χ2v) is 6.66. The number of ketones is 1. The van der Waals surface area contributed by atoms with Gasteiger partial charge >= 0.3 is 12.4 Å². The molecular formula is C20H17F6N3O. The first kappa shape index (κ1) is 21.9. The van der Waals surface area contributed by atoms with Gasteiger partial charge in [-0.25, -0.2) is 0 Å². The van der Waals surface area contributed by atoms with Crippen molar-refractivity contribution in [2.45, 2.75) is 32.7 Å². The minimum absolute atomic E-state index is 0.0897. The van der Waals surface area contributed by atoms with Crippen LogP contribution in [0.1, 0.15) is 35.3 Å². The number of aromatic nitrogens is 2. The van der Waals surface area contributed by atoms with Gasteiger partial charge in [0.25, 0.3) is 5.78 Å². The number of hydrogen-bond acceptors (Lipinski definition) is 4. The van der Waals surface area contributed by atoms with E-state index in [-0.39, 0.29) is 28.5 Å². The van der Waals surface area contributed by atoms with Crippen molar-refractivity contribution in [2.24, 2.45) is 0 Å². The van der Waals surface area contributed by atoms with Crippen LogP contribution in [-0.2, 0) is 12.7 Å². The van der Waals surface area contributed by atoms with Crippen molar-refractivity contribution in [3.8, 4) is 0 Å². The summed E-state index contributed by atoms with van der Waals surface area (Å²) in [4.78, 5) is 21.7. The summed E-state index contributed by atoms with van der Waals surface area (Å²) in [5, 5.41) is -0.782. The fraction of sp³-hybridized carbons (Fsp3) is 0.350. The van der Waals surface area contributed by atoms with Crippen molar-refractivity contribution >= 4 is 27.6 Å². The Morgan fingerprint density at radius 2 is 1.63 bits per heavy atom. The average Bonchev–Trinajstić information content (AvgIpc) is 2.68. The van der Waals surface area contributed by atoms with Crippen molar-refractivity contribution in [1.29, 1.82) is 0 Å². The molecule has 0 atom stereocenters. The van der Waals surface area contributed by atoms with Crippen LogP contribution in [0.15, 0.2) is 30.6 Å². The molecule has 0 aliphatic heterocycles. The Morgan fingerprint density at radius 3 is 2.20 bits per heavy atom. The van der Waals surface area contributed by atoms with E-state index in [2.05, 4.69) is 9.97 Å². The van der Waals surface area contributed by atoms with Crippen LogP contribution in [-0.4, -0.2) is 39.9 Å². The lowest BCUT2D eigenvalue weighted by Crippen LogP contribution is -2.25. The maximum absolute atomic E-state index is 14.0. The van der Waals surface area contributed by atoms with Gasteiger partial charge in [-0.1, -0.05) is 19.9 Å². The van der Waals surface area contributed by atoms with E-state index in [0.29, 0.717) is 19.2 Å². The van der Waals surface area contributed by atoms with Crippen molar-refractivity contribution in [3.05, 3.63) is 47.3 Å². The third kappa shape index (κ3) is 3.96. The molecule has 30 heavy (non-hydrogen) atoms. The van der Waals surface area contributed by atoms with Crippen LogP contribution in [0.3, 0.4) is 0 Å². The highest BCUT2D eigenvalue weighted by atomic mass is 19.4. The normalized spacial score (nSPS) is 12.8. The zero-order valence-electron chi connectivity index (χ0n) is 16.0. The minimum Gasteiger partial charge on any atom is -0.300 e. The average molecular weight is 429 g/mol. The quantitative estimate of drug-likeness (QED) is 0.310. The molecule has 0 saturated heterocycles. The zero-order valence-corrected chi connectivity index (χ0v) is 16.0. The largest absolute Gasteiger partial charge is 0.454 e. The van der Waals surface area contributed by atoms with Crippen molar-refractivity contribution in [1.82, 2.24) is 14.9 Å².